The molecular formula is C19H28N4O2. The Morgan fingerprint density at radius 2 is 1.96 bits per heavy atom. The van der Waals surface area contributed by atoms with Gasteiger partial charge in [-0.1, -0.05) is 0 Å². The highest BCUT2D eigenvalue weighted by atomic mass is 16.6. The number of carbonyl (C=O) groups is 1. The lowest BCUT2D eigenvalue weighted by Crippen LogP contribution is -2.42. The first-order valence-electron chi connectivity index (χ1n) is 9.00. The highest BCUT2D eigenvalue weighted by Gasteiger charge is 2.33. The van der Waals surface area contributed by atoms with E-state index in [0.717, 1.165) is 47.6 Å². The summed E-state index contributed by atoms with van der Waals surface area (Å²) in [6, 6.07) is 1.96. The molecule has 0 aromatic carbocycles. The summed E-state index contributed by atoms with van der Waals surface area (Å²) in [5.74, 6) is 0. The Hall–Kier alpha value is -2.11. The quantitative estimate of drug-likeness (QED) is 0.781. The molecule has 0 saturated carbocycles. The van der Waals surface area contributed by atoms with E-state index in [-0.39, 0.29) is 12.1 Å². The molecule has 1 unspecified atom stereocenters. The van der Waals surface area contributed by atoms with E-state index in [1.807, 2.05) is 43.2 Å². The number of nitrogens with zero attached hydrogens (tertiary/aromatic N) is 4. The smallest absolute Gasteiger partial charge is 0.410 e. The molecular weight excluding hydrogens is 316 g/mol. The summed E-state index contributed by atoms with van der Waals surface area (Å²) in [5.41, 5.74) is 4.49. The Bertz CT molecular complexity index is 804. The minimum absolute atomic E-state index is 0.0506. The number of hydrogen-bond acceptors (Lipinski definition) is 4. The molecule has 0 aliphatic carbocycles. The minimum Gasteiger partial charge on any atom is -0.444 e. The summed E-state index contributed by atoms with van der Waals surface area (Å²) in [6.45, 7) is 12.5. The van der Waals surface area contributed by atoms with Crippen LogP contribution < -0.4 is 0 Å². The van der Waals surface area contributed by atoms with Crippen molar-refractivity contribution in [2.24, 2.45) is 0 Å². The van der Waals surface area contributed by atoms with E-state index >= 15 is 0 Å². The molecule has 1 aliphatic rings. The van der Waals surface area contributed by atoms with Gasteiger partial charge in [0.2, 0.25) is 0 Å². The van der Waals surface area contributed by atoms with Gasteiger partial charge >= 0.3 is 6.09 Å². The molecule has 1 fully saturated rings. The van der Waals surface area contributed by atoms with Crippen LogP contribution in [0.2, 0.25) is 0 Å². The molecule has 3 heterocycles. The van der Waals surface area contributed by atoms with Crippen LogP contribution in [-0.4, -0.2) is 37.7 Å². The van der Waals surface area contributed by atoms with Crippen molar-refractivity contribution in [3.63, 3.8) is 0 Å². The van der Waals surface area contributed by atoms with Crippen molar-refractivity contribution < 1.29 is 9.53 Å². The van der Waals surface area contributed by atoms with Gasteiger partial charge in [-0.15, -0.1) is 0 Å². The number of ether oxygens (including phenoxy) is 1. The number of rotatable bonds is 1. The highest BCUT2D eigenvalue weighted by Crippen LogP contribution is 2.32. The third-order valence-corrected chi connectivity index (χ3v) is 4.87. The summed E-state index contributed by atoms with van der Waals surface area (Å²) < 4.78 is 7.49. The van der Waals surface area contributed by atoms with Crippen LogP contribution in [0.4, 0.5) is 4.79 Å². The molecule has 1 amide bonds. The fourth-order valence-electron chi connectivity index (χ4n) is 3.33. The van der Waals surface area contributed by atoms with Crippen molar-refractivity contribution in [2.45, 2.75) is 72.4 Å². The predicted molar refractivity (Wildman–Crippen MR) is 96.7 cm³/mol. The van der Waals surface area contributed by atoms with Crippen molar-refractivity contribution in [3.8, 4) is 0 Å². The molecule has 1 saturated heterocycles. The maximum atomic E-state index is 12.6. The molecule has 0 bridgehead atoms. The Morgan fingerprint density at radius 3 is 2.64 bits per heavy atom. The molecule has 6 nitrogen and oxygen atoms in total. The first-order chi connectivity index (χ1) is 11.7. The molecule has 0 radical (unpaired) electrons. The maximum Gasteiger partial charge on any atom is 0.410 e. The van der Waals surface area contributed by atoms with Crippen molar-refractivity contribution in [3.05, 3.63) is 28.7 Å². The van der Waals surface area contributed by atoms with Gasteiger partial charge in [0, 0.05) is 24.0 Å². The first-order valence-corrected chi connectivity index (χ1v) is 9.00. The number of piperidine rings is 1. The molecule has 2 aromatic heterocycles. The number of amides is 1. The fraction of sp³-hybridized carbons (Fsp3) is 0.632. The lowest BCUT2D eigenvalue weighted by atomic mass is 10.00. The van der Waals surface area contributed by atoms with Crippen LogP contribution in [0.1, 0.15) is 68.7 Å². The summed E-state index contributed by atoms with van der Waals surface area (Å²) >= 11 is 0. The van der Waals surface area contributed by atoms with Gasteiger partial charge in [-0.3, -0.25) is 4.90 Å². The Morgan fingerprint density at radius 1 is 1.24 bits per heavy atom. The van der Waals surface area contributed by atoms with Crippen LogP contribution in [0.15, 0.2) is 6.07 Å². The first kappa shape index (κ1) is 17.7. The third kappa shape index (κ3) is 3.48. The molecule has 136 valence electrons. The number of fused-ring (bicyclic) bond motifs is 1. The fourth-order valence-corrected chi connectivity index (χ4v) is 3.33. The van der Waals surface area contributed by atoms with E-state index in [1.54, 1.807) is 0 Å². The predicted octanol–water partition coefficient (Wildman–Crippen LogP) is 4.12. The normalized spacial score (nSPS) is 18.6. The third-order valence-electron chi connectivity index (χ3n) is 4.87. The minimum atomic E-state index is -0.496. The zero-order valence-corrected chi connectivity index (χ0v) is 16.1. The van der Waals surface area contributed by atoms with Crippen LogP contribution in [0.5, 0.6) is 0 Å². The second kappa shape index (κ2) is 6.32. The van der Waals surface area contributed by atoms with E-state index in [2.05, 4.69) is 18.8 Å². The molecule has 0 N–H and O–H groups in total. The zero-order valence-electron chi connectivity index (χ0n) is 16.1. The lowest BCUT2D eigenvalue weighted by Gasteiger charge is -2.35. The monoisotopic (exact) mass is 344 g/mol. The van der Waals surface area contributed by atoms with E-state index in [4.69, 9.17) is 9.84 Å². The topological polar surface area (TPSA) is 59.7 Å². The van der Waals surface area contributed by atoms with Crippen molar-refractivity contribution >= 4 is 11.7 Å². The van der Waals surface area contributed by atoms with Crippen LogP contribution in [0.25, 0.3) is 5.65 Å². The molecule has 2 aromatic rings. The zero-order chi connectivity index (χ0) is 18.4. The molecule has 3 rings (SSSR count). The number of hydrogen-bond donors (Lipinski definition) is 0. The standard InChI is InChI=1S/C19H28N4O2/c1-12-13(2)20-17-11-15(21-23(17)14(12)3)16-9-7-8-10-22(16)18(24)25-19(4,5)6/h11,16H,7-10H2,1-6H3. The van der Waals surface area contributed by atoms with Gasteiger partial charge in [0.25, 0.3) is 0 Å². The molecule has 1 atom stereocenters. The van der Waals surface area contributed by atoms with Crippen LogP contribution in [0.3, 0.4) is 0 Å². The second-order valence-corrected chi connectivity index (χ2v) is 7.93. The van der Waals surface area contributed by atoms with Crippen LogP contribution in [-0.2, 0) is 4.74 Å². The van der Waals surface area contributed by atoms with Crippen LogP contribution >= 0.6 is 0 Å². The van der Waals surface area contributed by atoms with Gasteiger partial charge in [-0.05, 0) is 66.4 Å². The molecule has 6 heteroatoms. The molecule has 1 aliphatic heterocycles. The SMILES string of the molecule is Cc1nc2cc(C3CCCCN3C(=O)OC(C)(C)C)nn2c(C)c1C. The van der Waals surface area contributed by atoms with Gasteiger partial charge in [0.15, 0.2) is 5.65 Å². The van der Waals surface area contributed by atoms with Gasteiger partial charge in [0.05, 0.1) is 11.7 Å². The van der Waals surface area contributed by atoms with Gasteiger partial charge in [-0.25, -0.2) is 14.3 Å². The number of carbonyl (C=O) groups excluding carboxylic acids is 1. The maximum absolute atomic E-state index is 12.6. The highest BCUT2D eigenvalue weighted by molar-refractivity contribution is 5.69. The lowest BCUT2D eigenvalue weighted by molar-refractivity contribution is 0.00898. The Labute approximate surface area is 149 Å². The Balaban J connectivity index is 1.96. The van der Waals surface area contributed by atoms with E-state index in [9.17, 15) is 4.79 Å². The number of aromatic nitrogens is 3. The molecule has 0 spiro atoms. The van der Waals surface area contributed by atoms with Crippen molar-refractivity contribution in [1.29, 1.82) is 0 Å². The summed E-state index contributed by atoms with van der Waals surface area (Å²) in [4.78, 5) is 19.1. The van der Waals surface area contributed by atoms with Crippen LogP contribution in [0, 0.1) is 20.8 Å². The van der Waals surface area contributed by atoms with E-state index < -0.39 is 5.60 Å². The Kier molecular flexibility index (Phi) is 4.47. The van der Waals surface area contributed by atoms with Gasteiger partial charge < -0.3 is 4.74 Å². The number of likely N-dealkylation sites (tertiary alicyclic amines) is 1. The second-order valence-electron chi connectivity index (χ2n) is 7.93. The summed E-state index contributed by atoms with van der Waals surface area (Å²) in [5, 5.41) is 4.77. The van der Waals surface area contributed by atoms with Gasteiger partial charge in [-0.2, -0.15) is 5.10 Å². The molecule has 25 heavy (non-hydrogen) atoms. The van der Waals surface area contributed by atoms with Crippen molar-refractivity contribution in [1.82, 2.24) is 19.5 Å². The number of aryl methyl sites for hydroxylation is 2. The van der Waals surface area contributed by atoms with E-state index in [0.29, 0.717) is 6.54 Å². The van der Waals surface area contributed by atoms with Crippen molar-refractivity contribution in [2.75, 3.05) is 6.54 Å². The van der Waals surface area contributed by atoms with Gasteiger partial charge in [0.1, 0.15) is 5.60 Å². The summed E-state index contributed by atoms with van der Waals surface area (Å²) in [7, 11) is 0. The van der Waals surface area contributed by atoms with E-state index in [1.165, 1.54) is 0 Å². The average molecular weight is 344 g/mol. The average Bonchev–Trinajstić information content (AvgIpc) is 2.95. The summed E-state index contributed by atoms with van der Waals surface area (Å²) in [6.07, 6.45) is 2.73. The largest absolute Gasteiger partial charge is 0.444 e.